The van der Waals surface area contributed by atoms with Crippen molar-refractivity contribution in [3.05, 3.63) is 63.6 Å². The van der Waals surface area contributed by atoms with Gasteiger partial charge >= 0.3 is 0 Å². The number of nitrogens with one attached hydrogen (secondary N) is 1. The number of hydrogen-bond donors (Lipinski definition) is 1. The minimum atomic E-state index is -0.163. The predicted octanol–water partition coefficient (Wildman–Crippen LogP) is 4.54. The maximum atomic E-state index is 12.8. The fourth-order valence-corrected chi connectivity index (χ4v) is 4.86. The lowest BCUT2D eigenvalue weighted by atomic mass is 10.2. The maximum absolute atomic E-state index is 12.8. The molecule has 2 aromatic carbocycles. The molecule has 144 valence electrons. The molecule has 0 radical (unpaired) electrons. The summed E-state index contributed by atoms with van der Waals surface area (Å²) in [4.78, 5) is 31.6. The smallest absolute Gasteiger partial charge is 0.251 e. The van der Waals surface area contributed by atoms with Crippen LogP contribution in [0.3, 0.4) is 0 Å². The Morgan fingerprint density at radius 2 is 1.96 bits per heavy atom. The third-order valence-electron chi connectivity index (χ3n) is 4.90. The second kappa shape index (κ2) is 8.41. The topological polar surface area (TPSA) is 62.3 Å². The monoisotopic (exact) mass is 457 g/mol. The van der Waals surface area contributed by atoms with Crippen LogP contribution in [0.15, 0.2) is 53.0 Å². The summed E-state index contributed by atoms with van der Waals surface area (Å²) in [5.74, 6) is -0.0951. The molecule has 3 aromatic rings. The molecule has 28 heavy (non-hydrogen) atoms. The molecular formula is C21H20BrN3O2S. The number of benzene rings is 2. The molecule has 1 aliphatic rings. The van der Waals surface area contributed by atoms with Crippen LogP contribution < -0.4 is 5.32 Å². The van der Waals surface area contributed by atoms with Gasteiger partial charge in [0.25, 0.3) is 5.91 Å². The van der Waals surface area contributed by atoms with E-state index in [1.807, 2.05) is 35.2 Å². The van der Waals surface area contributed by atoms with Crippen LogP contribution in [0.4, 0.5) is 0 Å². The SMILES string of the molecule is O=C(NCCC(=O)N1CCC[C@H]1c1nc2ccccc2s1)c1ccc(Br)cc1. The molecule has 0 spiro atoms. The first-order valence-corrected chi connectivity index (χ1v) is 10.9. The lowest BCUT2D eigenvalue weighted by molar-refractivity contribution is -0.132. The third-order valence-corrected chi connectivity index (χ3v) is 6.57. The number of likely N-dealkylation sites (tertiary alicyclic amines) is 1. The quantitative estimate of drug-likeness (QED) is 0.611. The van der Waals surface area contributed by atoms with Gasteiger partial charge in [0.2, 0.25) is 5.91 Å². The molecule has 4 rings (SSSR count). The Morgan fingerprint density at radius 3 is 2.75 bits per heavy atom. The molecule has 1 N–H and O–H groups in total. The fraction of sp³-hybridized carbons (Fsp3) is 0.286. The Balaban J connectivity index is 1.35. The summed E-state index contributed by atoms with van der Waals surface area (Å²) in [6.07, 6.45) is 2.22. The van der Waals surface area contributed by atoms with Crippen LogP contribution in [0, 0.1) is 0 Å². The second-order valence-corrected chi connectivity index (χ2v) is 8.76. The standard InChI is InChI=1S/C21H20BrN3O2S/c22-15-9-7-14(8-10-15)20(27)23-12-11-19(26)25-13-3-5-17(25)21-24-16-4-1-2-6-18(16)28-21/h1-2,4,6-10,17H,3,5,11-13H2,(H,23,27)/t17-/m0/s1. The maximum Gasteiger partial charge on any atom is 0.251 e. The molecule has 0 bridgehead atoms. The number of para-hydroxylation sites is 1. The number of nitrogens with zero attached hydrogens (tertiary/aromatic N) is 2. The van der Waals surface area contributed by atoms with Gasteiger partial charge in [-0.2, -0.15) is 0 Å². The summed E-state index contributed by atoms with van der Waals surface area (Å²) >= 11 is 5.02. The highest BCUT2D eigenvalue weighted by Gasteiger charge is 2.31. The first-order chi connectivity index (χ1) is 13.6. The van der Waals surface area contributed by atoms with Crippen molar-refractivity contribution in [2.75, 3.05) is 13.1 Å². The van der Waals surface area contributed by atoms with Crippen molar-refractivity contribution in [1.29, 1.82) is 0 Å². The van der Waals surface area contributed by atoms with Crippen LogP contribution in [0.5, 0.6) is 0 Å². The van der Waals surface area contributed by atoms with Crippen LogP contribution in [-0.2, 0) is 4.79 Å². The molecule has 2 amide bonds. The summed E-state index contributed by atoms with van der Waals surface area (Å²) in [5, 5.41) is 3.84. The zero-order chi connectivity index (χ0) is 19.5. The Bertz CT molecular complexity index is 969. The number of thiazole rings is 1. The third kappa shape index (κ3) is 4.10. The van der Waals surface area contributed by atoms with E-state index in [0.717, 1.165) is 39.1 Å². The number of carbonyl (C=O) groups excluding carboxylic acids is 2. The Hall–Kier alpha value is -2.25. The lowest BCUT2D eigenvalue weighted by Gasteiger charge is -2.23. The van der Waals surface area contributed by atoms with E-state index in [9.17, 15) is 9.59 Å². The summed E-state index contributed by atoms with van der Waals surface area (Å²) in [6, 6.07) is 15.3. The van der Waals surface area contributed by atoms with Crippen LogP contribution in [0.1, 0.15) is 40.7 Å². The highest BCUT2D eigenvalue weighted by molar-refractivity contribution is 9.10. The molecule has 1 atom stereocenters. The van der Waals surface area contributed by atoms with Gasteiger partial charge in [0, 0.05) is 29.5 Å². The average molecular weight is 458 g/mol. The van der Waals surface area contributed by atoms with E-state index in [2.05, 4.69) is 27.3 Å². The first kappa shape index (κ1) is 19.1. The summed E-state index contributed by atoms with van der Waals surface area (Å²) < 4.78 is 2.08. The highest BCUT2D eigenvalue weighted by atomic mass is 79.9. The molecule has 0 aliphatic carbocycles. The van der Waals surface area contributed by atoms with Gasteiger partial charge in [-0.25, -0.2) is 4.98 Å². The summed E-state index contributed by atoms with van der Waals surface area (Å²) in [5.41, 5.74) is 1.58. The molecule has 0 saturated carbocycles. The number of amides is 2. The number of rotatable bonds is 5. The first-order valence-electron chi connectivity index (χ1n) is 9.30. The van der Waals surface area contributed by atoms with Crippen molar-refractivity contribution < 1.29 is 9.59 Å². The molecule has 2 heterocycles. The van der Waals surface area contributed by atoms with Gasteiger partial charge in [0.15, 0.2) is 0 Å². The highest BCUT2D eigenvalue weighted by Crippen LogP contribution is 2.36. The Labute approximate surface area is 175 Å². The fourth-order valence-electron chi connectivity index (χ4n) is 3.48. The number of hydrogen-bond acceptors (Lipinski definition) is 4. The number of halogens is 1. The summed E-state index contributed by atoms with van der Waals surface area (Å²) in [6.45, 7) is 1.08. The molecule has 1 aromatic heterocycles. The van der Waals surface area contributed by atoms with Gasteiger partial charge in [-0.15, -0.1) is 11.3 Å². The molecule has 1 aliphatic heterocycles. The molecule has 5 nitrogen and oxygen atoms in total. The van der Waals surface area contributed by atoms with Crippen LogP contribution in [-0.4, -0.2) is 34.8 Å². The van der Waals surface area contributed by atoms with Gasteiger partial charge in [-0.1, -0.05) is 28.1 Å². The van der Waals surface area contributed by atoms with E-state index in [4.69, 9.17) is 4.98 Å². The summed E-state index contributed by atoms with van der Waals surface area (Å²) in [7, 11) is 0. The molecule has 1 saturated heterocycles. The van der Waals surface area contributed by atoms with Crippen molar-refractivity contribution >= 4 is 49.3 Å². The lowest BCUT2D eigenvalue weighted by Crippen LogP contribution is -2.34. The van der Waals surface area contributed by atoms with Crippen molar-refractivity contribution in [1.82, 2.24) is 15.2 Å². The second-order valence-electron chi connectivity index (χ2n) is 6.78. The van der Waals surface area contributed by atoms with Gasteiger partial charge in [0.1, 0.15) is 5.01 Å². The number of aromatic nitrogens is 1. The molecular weight excluding hydrogens is 438 g/mol. The van der Waals surface area contributed by atoms with Gasteiger partial charge in [-0.05, 0) is 49.2 Å². The largest absolute Gasteiger partial charge is 0.352 e. The van der Waals surface area contributed by atoms with Crippen LogP contribution >= 0.6 is 27.3 Å². The molecule has 7 heteroatoms. The molecule has 0 unspecified atom stereocenters. The van der Waals surface area contributed by atoms with E-state index in [0.29, 0.717) is 18.5 Å². The Morgan fingerprint density at radius 1 is 1.18 bits per heavy atom. The average Bonchev–Trinajstić information content (AvgIpc) is 3.35. The predicted molar refractivity (Wildman–Crippen MR) is 114 cm³/mol. The number of carbonyl (C=O) groups is 2. The minimum Gasteiger partial charge on any atom is -0.352 e. The van der Waals surface area contributed by atoms with Gasteiger partial charge < -0.3 is 10.2 Å². The van der Waals surface area contributed by atoms with E-state index in [-0.39, 0.29) is 17.9 Å². The van der Waals surface area contributed by atoms with Crippen molar-refractivity contribution in [2.45, 2.75) is 25.3 Å². The minimum absolute atomic E-state index is 0.0482. The van der Waals surface area contributed by atoms with E-state index in [1.54, 1.807) is 23.5 Å². The zero-order valence-corrected chi connectivity index (χ0v) is 17.6. The normalized spacial score (nSPS) is 16.5. The van der Waals surface area contributed by atoms with Crippen molar-refractivity contribution in [3.63, 3.8) is 0 Å². The van der Waals surface area contributed by atoms with Crippen LogP contribution in [0.25, 0.3) is 10.2 Å². The van der Waals surface area contributed by atoms with E-state index >= 15 is 0 Å². The van der Waals surface area contributed by atoms with Gasteiger partial charge in [0.05, 0.1) is 16.3 Å². The number of fused-ring (bicyclic) bond motifs is 1. The van der Waals surface area contributed by atoms with Crippen molar-refractivity contribution in [2.24, 2.45) is 0 Å². The molecule has 1 fully saturated rings. The van der Waals surface area contributed by atoms with Gasteiger partial charge in [-0.3, -0.25) is 9.59 Å². The van der Waals surface area contributed by atoms with E-state index < -0.39 is 0 Å². The Kier molecular flexibility index (Phi) is 5.73. The zero-order valence-electron chi connectivity index (χ0n) is 15.2. The van der Waals surface area contributed by atoms with E-state index in [1.165, 1.54) is 0 Å². The van der Waals surface area contributed by atoms with Crippen LogP contribution in [0.2, 0.25) is 0 Å². The van der Waals surface area contributed by atoms with Crippen molar-refractivity contribution in [3.8, 4) is 0 Å².